The predicted octanol–water partition coefficient (Wildman–Crippen LogP) is -0.786. The first-order valence-corrected chi connectivity index (χ1v) is 6.79. The van der Waals surface area contributed by atoms with Crippen LogP contribution >= 0.6 is 0 Å². The molecule has 2 heterocycles. The Balaban J connectivity index is 2.03. The Hall–Kier alpha value is -1.69. The number of imide groups is 1. The minimum Gasteiger partial charge on any atom is -0.404 e. The Bertz CT molecular complexity index is 493. The molecule has 1 spiro atoms. The molecule has 1 saturated carbocycles. The van der Waals surface area contributed by atoms with Gasteiger partial charge in [-0.2, -0.15) is 0 Å². The van der Waals surface area contributed by atoms with Crippen molar-refractivity contribution in [3.8, 4) is 0 Å². The molecule has 6 heteroatoms. The summed E-state index contributed by atoms with van der Waals surface area (Å²) in [4.78, 5) is 25.8. The van der Waals surface area contributed by atoms with Gasteiger partial charge < -0.3 is 10.6 Å². The van der Waals surface area contributed by atoms with Crippen molar-refractivity contribution in [1.29, 1.82) is 5.41 Å². The van der Waals surface area contributed by atoms with Crippen LogP contribution in [0.4, 0.5) is 0 Å². The third-order valence-corrected chi connectivity index (χ3v) is 4.60. The van der Waals surface area contributed by atoms with E-state index in [2.05, 4.69) is 0 Å². The first kappa shape index (κ1) is 12.3. The van der Waals surface area contributed by atoms with Gasteiger partial charge in [0, 0.05) is 24.2 Å². The highest BCUT2D eigenvalue weighted by molar-refractivity contribution is 6.07. The van der Waals surface area contributed by atoms with E-state index in [-0.39, 0.29) is 24.3 Å². The molecule has 0 aromatic carbocycles. The summed E-state index contributed by atoms with van der Waals surface area (Å²) >= 11 is 0. The van der Waals surface area contributed by atoms with Crippen LogP contribution in [0.25, 0.3) is 0 Å². The maximum Gasteiger partial charge on any atom is 0.344 e. The van der Waals surface area contributed by atoms with Crippen LogP contribution in [0.15, 0.2) is 11.8 Å². The van der Waals surface area contributed by atoms with E-state index in [1.807, 2.05) is 4.90 Å². The standard InChI is InChI=1S/C13H18N4O2/c14-7-8-5-13(6-10(18)16-12(13)19)17(11(8)15)9-3-1-2-4-9/h7,9,15H,1-6,14H2,(H,16,18,19)/p+1. The third kappa shape index (κ3) is 1.63. The molecule has 0 radical (unpaired) electrons. The van der Waals surface area contributed by atoms with Gasteiger partial charge in [-0.15, -0.1) is 0 Å². The number of rotatable bonds is 1. The Morgan fingerprint density at radius 3 is 2.53 bits per heavy atom. The smallest absolute Gasteiger partial charge is 0.344 e. The highest BCUT2D eigenvalue weighted by Crippen LogP contribution is 2.42. The SMILES string of the molecule is N=C1C(=CN)CC2(CC(=O)[NH2+]C2=O)N1C1CCCC1. The molecule has 19 heavy (non-hydrogen) atoms. The topological polar surface area (TPSA) is 104 Å². The Labute approximate surface area is 111 Å². The number of carbonyl (C=O) groups is 2. The Kier molecular flexibility index (Phi) is 2.70. The van der Waals surface area contributed by atoms with Gasteiger partial charge in [-0.3, -0.25) is 5.41 Å². The van der Waals surface area contributed by atoms with E-state index in [9.17, 15) is 9.59 Å². The quantitative estimate of drug-likeness (QED) is 0.539. The van der Waals surface area contributed by atoms with Gasteiger partial charge in [0.25, 0.3) is 0 Å². The van der Waals surface area contributed by atoms with Crippen LogP contribution in [-0.2, 0) is 9.59 Å². The van der Waals surface area contributed by atoms with Crippen LogP contribution in [0, 0.1) is 5.41 Å². The average Bonchev–Trinajstić information content (AvgIpc) is 3.01. The molecule has 2 aliphatic heterocycles. The largest absolute Gasteiger partial charge is 0.404 e. The second-order valence-electron chi connectivity index (χ2n) is 5.71. The van der Waals surface area contributed by atoms with Gasteiger partial charge in [0.15, 0.2) is 5.54 Å². The van der Waals surface area contributed by atoms with Gasteiger partial charge in [-0.05, 0) is 12.8 Å². The summed E-state index contributed by atoms with van der Waals surface area (Å²) in [5, 5.41) is 9.48. The molecular formula is C13H19N4O2+. The molecular weight excluding hydrogens is 244 g/mol. The van der Waals surface area contributed by atoms with Crippen molar-refractivity contribution in [1.82, 2.24) is 4.90 Å². The lowest BCUT2D eigenvalue weighted by atomic mass is 9.91. The Morgan fingerprint density at radius 2 is 2.00 bits per heavy atom. The first-order chi connectivity index (χ1) is 9.08. The highest BCUT2D eigenvalue weighted by atomic mass is 16.2. The van der Waals surface area contributed by atoms with Gasteiger partial charge in [0.2, 0.25) is 0 Å². The van der Waals surface area contributed by atoms with Crippen LogP contribution < -0.4 is 11.1 Å². The number of nitrogens with one attached hydrogen (secondary N) is 1. The molecule has 1 aliphatic carbocycles. The van der Waals surface area contributed by atoms with Crippen LogP contribution in [0.5, 0.6) is 0 Å². The summed E-state index contributed by atoms with van der Waals surface area (Å²) in [5.74, 6) is 0.0657. The molecule has 2 amide bonds. The second kappa shape index (κ2) is 4.16. The van der Waals surface area contributed by atoms with Crippen molar-refractivity contribution in [3.05, 3.63) is 11.8 Å². The lowest BCUT2D eigenvalue weighted by molar-refractivity contribution is -0.479. The van der Waals surface area contributed by atoms with Crippen LogP contribution in [0.1, 0.15) is 38.5 Å². The van der Waals surface area contributed by atoms with E-state index in [4.69, 9.17) is 11.1 Å². The maximum atomic E-state index is 12.3. The molecule has 0 aromatic rings. The molecule has 1 unspecified atom stereocenters. The van der Waals surface area contributed by atoms with Crippen molar-refractivity contribution in [2.45, 2.75) is 50.1 Å². The first-order valence-electron chi connectivity index (χ1n) is 6.79. The van der Waals surface area contributed by atoms with Gasteiger partial charge in [0.1, 0.15) is 12.3 Å². The van der Waals surface area contributed by atoms with E-state index in [0.29, 0.717) is 17.8 Å². The van der Waals surface area contributed by atoms with Gasteiger partial charge in [0.05, 0.1) is 0 Å². The van der Waals surface area contributed by atoms with Crippen molar-refractivity contribution >= 4 is 17.6 Å². The zero-order chi connectivity index (χ0) is 13.6. The normalized spacial score (nSPS) is 34.4. The monoisotopic (exact) mass is 263 g/mol. The lowest BCUT2D eigenvalue weighted by Crippen LogP contribution is -2.90. The molecule has 102 valence electrons. The van der Waals surface area contributed by atoms with E-state index in [0.717, 1.165) is 25.7 Å². The van der Waals surface area contributed by atoms with E-state index in [1.54, 1.807) is 0 Å². The Morgan fingerprint density at radius 1 is 1.32 bits per heavy atom. The molecule has 5 N–H and O–H groups in total. The third-order valence-electron chi connectivity index (χ3n) is 4.60. The molecule has 3 aliphatic rings. The van der Waals surface area contributed by atoms with E-state index < -0.39 is 5.54 Å². The number of likely N-dealkylation sites (tertiary alicyclic amines) is 1. The number of nitrogens with zero attached hydrogens (tertiary/aromatic N) is 1. The molecule has 0 bridgehead atoms. The summed E-state index contributed by atoms with van der Waals surface area (Å²) in [7, 11) is 0. The molecule has 1 atom stereocenters. The number of primary amides is 2. The van der Waals surface area contributed by atoms with Gasteiger partial charge >= 0.3 is 11.8 Å². The summed E-state index contributed by atoms with van der Waals surface area (Å²) in [6.45, 7) is 0. The minimum atomic E-state index is -0.839. The van der Waals surface area contributed by atoms with Gasteiger partial charge in [-0.1, -0.05) is 12.8 Å². The number of quaternary nitrogens is 1. The number of amides is 2. The number of nitrogens with two attached hydrogens (primary N) is 2. The van der Waals surface area contributed by atoms with Crippen LogP contribution in [0.2, 0.25) is 0 Å². The fourth-order valence-corrected chi connectivity index (χ4v) is 3.75. The van der Waals surface area contributed by atoms with Crippen molar-refractivity contribution in [2.24, 2.45) is 5.73 Å². The lowest BCUT2D eigenvalue weighted by Gasteiger charge is -2.35. The molecule has 3 rings (SSSR count). The molecule has 3 fully saturated rings. The number of carbonyl (C=O) groups excluding carboxylic acids is 2. The summed E-state index contributed by atoms with van der Waals surface area (Å²) in [6.07, 6.45) is 6.24. The fourth-order valence-electron chi connectivity index (χ4n) is 3.75. The second-order valence-corrected chi connectivity index (χ2v) is 5.71. The molecule has 6 nitrogen and oxygen atoms in total. The van der Waals surface area contributed by atoms with Crippen LogP contribution in [0.3, 0.4) is 0 Å². The highest BCUT2D eigenvalue weighted by Gasteiger charge is 2.62. The number of amidine groups is 1. The summed E-state index contributed by atoms with van der Waals surface area (Å²) in [6, 6.07) is 0.202. The fraction of sp³-hybridized carbons (Fsp3) is 0.615. The summed E-state index contributed by atoms with van der Waals surface area (Å²) < 4.78 is 0. The minimum absolute atomic E-state index is 0.126. The maximum absolute atomic E-state index is 12.3. The molecule has 0 aromatic heterocycles. The predicted molar refractivity (Wildman–Crippen MR) is 68.0 cm³/mol. The average molecular weight is 263 g/mol. The van der Waals surface area contributed by atoms with Crippen molar-refractivity contribution < 1.29 is 14.9 Å². The number of hydrogen-bond acceptors (Lipinski definition) is 4. The summed E-state index contributed by atoms with van der Waals surface area (Å²) in [5.41, 5.74) is 5.42. The zero-order valence-electron chi connectivity index (χ0n) is 10.8. The van der Waals surface area contributed by atoms with E-state index >= 15 is 0 Å². The zero-order valence-corrected chi connectivity index (χ0v) is 10.8. The van der Waals surface area contributed by atoms with Crippen molar-refractivity contribution in [3.63, 3.8) is 0 Å². The van der Waals surface area contributed by atoms with E-state index in [1.165, 1.54) is 11.5 Å². The van der Waals surface area contributed by atoms with Gasteiger partial charge in [-0.25, -0.2) is 14.9 Å². The van der Waals surface area contributed by atoms with Crippen LogP contribution in [-0.4, -0.2) is 34.1 Å². The molecule has 2 saturated heterocycles. The van der Waals surface area contributed by atoms with Crippen molar-refractivity contribution in [2.75, 3.05) is 0 Å². The number of hydrogen-bond donors (Lipinski definition) is 3.